The molecular formula is C17H28IN3O. The van der Waals surface area contributed by atoms with Gasteiger partial charge in [-0.05, 0) is 37.3 Å². The number of nitrogens with one attached hydrogen (secondary N) is 2. The molecule has 0 amide bonds. The van der Waals surface area contributed by atoms with Crippen LogP contribution in [-0.4, -0.2) is 24.6 Å². The van der Waals surface area contributed by atoms with Crippen LogP contribution in [0.1, 0.15) is 51.2 Å². The van der Waals surface area contributed by atoms with E-state index in [2.05, 4.69) is 17.6 Å². The fourth-order valence-electron chi connectivity index (χ4n) is 3.00. The summed E-state index contributed by atoms with van der Waals surface area (Å²) in [6.45, 7) is 3.06. The quantitative estimate of drug-likeness (QED) is 0.436. The van der Waals surface area contributed by atoms with Crippen molar-refractivity contribution in [2.75, 3.05) is 6.54 Å². The third kappa shape index (κ3) is 5.48. The van der Waals surface area contributed by atoms with Crippen LogP contribution < -0.4 is 10.6 Å². The van der Waals surface area contributed by atoms with Crippen molar-refractivity contribution in [2.24, 2.45) is 10.9 Å². The van der Waals surface area contributed by atoms with E-state index >= 15 is 0 Å². The zero-order valence-corrected chi connectivity index (χ0v) is 15.7. The van der Waals surface area contributed by atoms with Crippen LogP contribution in [0.25, 0.3) is 0 Å². The van der Waals surface area contributed by atoms with Gasteiger partial charge in [-0.1, -0.05) is 26.2 Å². The highest BCUT2D eigenvalue weighted by molar-refractivity contribution is 14.0. The largest absolute Gasteiger partial charge is 0.469 e. The van der Waals surface area contributed by atoms with Gasteiger partial charge in [0.05, 0.1) is 6.26 Å². The van der Waals surface area contributed by atoms with E-state index in [0.717, 1.165) is 30.6 Å². The summed E-state index contributed by atoms with van der Waals surface area (Å²) >= 11 is 0. The molecule has 2 N–H and O–H groups in total. The van der Waals surface area contributed by atoms with E-state index in [1.54, 1.807) is 6.26 Å². The molecule has 2 fully saturated rings. The van der Waals surface area contributed by atoms with E-state index in [9.17, 15) is 0 Å². The molecule has 2 aliphatic carbocycles. The van der Waals surface area contributed by atoms with Crippen molar-refractivity contribution in [1.82, 2.24) is 10.6 Å². The zero-order chi connectivity index (χ0) is 14.5. The summed E-state index contributed by atoms with van der Waals surface area (Å²) in [4.78, 5) is 4.74. The smallest absolute Gasteiger partial charge is 0.191 e. The fourth-order valence-corrected chi connectivity index (χ4v) is 3.00. The van der Waals surface area contributed by atoms with E-state index in [1.807, 2.05) is 12.1 Å². The molecule has 1 heterocycles. The van der Waals surface area contributed by atoms with Gasteiger partial charge in [-0.2, -0.15) is 0 Å². The highest BCUT2D eigenvalue weighted by atomic mass is 127. The molecule has 0 aliphatic heterocycles. The third-order valence-corrected chi connectivity index (χ3v) is 4.59. The number of guanidine groups is 1. The molecule has 2 saturated carbocycles. The number of furan rings is 1. The Morgan fingerprint density at radius 2 is 2.05 bits per heavy atom. The second-order valence-electron chi connectivity index (χ2n) is 6.50. The van der Waals surface area contributed by atoms with Crippen LogP contribution in [0.3, 0.4) is 0 Å². The maximum atomic E-state index is 5.37. The zero-order valence-electron chi connectivity index (χ0n) is 13.4. The molecule has 2 aliphatic rings. The monoisotopic (exact) mass is 417 g/mol. The predicted octanol–water partition coefficient (Wildman–Crippen LogP) is 3.72. The van der Waals surface area contributed by atoms with Gasteiger partial charge in [0, 0.05) is 25.0 Å². The Morgan fingerprint density at radius 3 is 2.68 bits per heavy atom. The van der Waals surface area contributed by atoms with Crippen LogP contribution in [0.2, 0.25) is 0 Å². The minimum Gasteiger partial charge on any atom is -0.469 e. The summed E-state index contributed by atoms with van der Waals surface area (Å²) < 4.78 is 5.37. The lowest BCUT2D eigenvalue weighted by molar-refractivity contribution is 0.409. The molecule has 4 nitrogen and oxygen atoms in total. The normalized spacial score (nSPS) is 25.4. The molecule has 5 heteroatoms. The number of aliphatic imine (C=N–C) groups is 1. The molecule has 1 aromatic heterocycles. The van der Waals surface area contributed by atoms with Crippen molar-refractivity contribution in [3.8, 4) is 0 Å². The molecule has 0 saturated heterocycles. The molecule has 2 atom stereocenters. The lowest BCUT2D eigenvalue weighted by Crippen LogP contribution is -2.45. The fraction of sp³-hybridized carbons (Fsp3) is 0.706. The van der Waals surface area contributed by atoms with Crippen LogP contribution in [0.4, 0.5) is 0 Å². The lowest BCUT2D eigenvalue weighted by Gasteiger charge is -2.25. The molecular weight excluding hydrogens is 389 g/mol. The second kappa shape index (κ2) is 8.79. The summed E-state index contributed by atoms with van der Waals surface area (Å²) in [5, 5.41) is 7.21. The van der Waals surface area contributed by atoms with E-state index in [1.165, 1.54) is 38.5 Å². The van der Waals surface area contributed by atoms with Crippen molar-refractivity contribution in [3.05, 3.63) is 24.2 Å². The summed E-state index contributed by atoms with van der Waals surface area (Å²) in [7, 11) is 0. The summed E-state index contributed by atoms with van der Waals surface area (Å²) in [6.07, 6.45) is 10.5. The number of nitrogens with zero attached hydrogens (tertiary/aromatic N) is 1. The summed E-state index contributed by atoms with van der Waals surface area (Å²) in [5.41, 5.74) is 0. The Kier molecular flexibility index (Phi) is 7.05. The molecule has 124 valence electrons. The Morgan fingerprint density at radius 1 is 1.27 bits per heavy atom. The van der Waals surface area contributed by atoms with Crippen molar-refractivity contribution in [2.45, 2.75) is 64.0 Å². The summed E-state index contributed by atoms with van der Waals surface area (Å²) in [6, 6.07) is 5.16. The Labute approximate surface area is 150 Å². The van der Waals surface area contributed by atoms with Gasteiger partial charge in [0.15, 0.2) is 5.96 Å². The predicted molar refractivity (Wildman–Crippen MR) is 101 cm³/mol. The molecule has 0 bridgehead atoms. The Hall–Kier alpha value is -0.720. The van der Waals surface area contributed by atoms with Crippen molar-refractivity contribution in [3.63, 3.8) is 0 Å². The van der Waals surface area contributed by atoms with E-state index in [4.69, 9.17) is 9.41 Å². The van der Waals surface area contributed by atoms with E-state index in [-0.39, 0.29) is 24.0 Å². The van der Waals surface area contributed by atoms with Crippen LogP contribution in [0.15, 0.2) is 27.8 Å². The SMILES string of the molecule is CC1CC1NC(=NCCc1ccco1)NC1CCCCC1.I. The first-order chi connectivity index (χ1) is 10.3. The van der Waals surface area contributed by atoms with Crippen molar-refractivity contribution < 1.29 is 4.42 Å². The standard InChI is InChI=1S/C17H27N3O.HI/c1-13-12-16(13)20-17(19-14-6-3-2-4-7-14)18-10-9-15-8-5-11-21-15;/h5,8,11,13-14,16H,2-4,6-7,9-10,12H2,1H3,(H2,18,19,20);1H. The van der Waals surface area contributed by atoms with Crippen molar-refractivity contribution >= 4 is 29.9 Å². The number of rotatable bonds is 5. The highest BCUT2D eigenvalue weighted by Crippen LogP contribution is 2.29. The van der Waals surface area contributed by atoms with Gasteiger partial charge in [-0.15, -0.1) is 24.0 Å². The highest BCUT2D eigenvalue weighted by Gasteiger charge is 2.33. The molecule has 22 heavy (non-hydrogen) atoms. The molecule has 0 spiro atoms. The maximum Gasteiger partial charge on any atom is 0.191 e. The molecule has 0 aromatic carbocycles. The van der Waals surface area contributed by atoms with Gasteiger partial charge >= 0.3 is 0 Å². The van der Waals surface area contributed by atoms with Crippen LogP contribution in [0, 0.1) is 5.92 Å². The topological polar surface area (TPSA) is 49.6 Å². The van der Waals surface area contributed by atoms with Gasteiger partial charge in [0.1, 0.15) is 5.76 Å². The lowest BCUT2D eigenvalue weighted by atomic mass is 9.96. The molecule has 1 aromatic rings. The number of halogens is 1. The van der Waals surface area contributed by atoms with Crippen LogP contribution in [-0.2, 0) is 6.42 Å². The minimum absolute atomic E-state index is 0. The van der Waals surface area contributed by atoms with E-state index < -0.39 is 0 Å². The first kappa shape index (κ1) is 17.6. The average Bonchev–Trinajstić information content (AvgIpc) is 2.98. The van der Waals surface area contributed by atoms with Crippen LogP contribution >= 0.6 is 24.0 Å². The minimum atomic E-state index is 0. The molecule has 3 rings (SSSR count). The molecule has 2 unspecified atom stereocenters. The van der Waals surface area contributed by atoms with E-state index in [0.29, 0.717) is 12.1 Å². The van der Waals surface area contributed by atoms with Gasteiger partial charge in [0.25, 0.3) is 0 Å². The van der Waals surface area contributed by atoms with Crippen LogP contribution in [0.5, 0.6) is 0 Å². The second-order valence-corrected chi connectivity index (χ2v) is 6.50. The first-order valence-electron chi connectivity index (χ1n) is 8.41. The average molecular weight is 417 g/mol. The number of hydrogen-bond acceptors (Lipinski definition) is 2. The first-order valence-corrected chi connectivity index (χ1v) is 8.41. The van der Waals surface area contributed by atoms with Gasteiger partial charge < -0.3 is 15.1 Å². The van der Waals surface area contributed by atoms with Gasteiger partial charge in [-0.25, -0.2) is 0 Å². The maximum absolute atomic E-state index is 5.37. The Balaban J connectivity index is 0.00000176. The van der Waals surface area contributed by atoms with Gasteiger partial charge in [-0.3, -0.25) is 4.99 Å². The Bertz CT molecular complexity index is 454. The van der Waals surface area contributed by atoms with Gasteiger partial charge in [0.2, 0.25) is 0 Å². The van der Waals surface area contributed by atoms with Crippen molar-refractivity contribution in [1.29, 1.82) is 0 Å². The summed E-state index contributed by atoms with van der Waals surface area (Å²) in [5.74, 6) is 2.80. The third-order valence-electron chi connectivity index (χ3n) is 4.59. The molecule has 0 radical (unpaired) electrons. The number of hydrogen-bond donors (Lipinski definition) is 2.